The third kappa shape index (κ3) is 4.23. The molecule has 4 heteroatoms. The molecule has 2 aromatic rings. The third-order valence-electron chi connectivity index (χ3n) is 3.57. The predicted molar refractivity (Wildman–Crippen MR) is 85.3 cm³/mol. The molecule has 4 nitrogen and oxygen atoms in total. The lowest BCUT2D eigenvalue weighted by Crippen LogP contribution is -2.03. The molecule has 0 amide bonds. The highest BCUT2D eigenvalue weighted by molar-refractivity contribution is 5.42. The van der Waals surface area contributed by atoms with Gasteiger partial charge in [0.1, 0.15) is 18.3 Å². The first-order valence-electron chi connectivity index (χ1n) is 7.19. The number of phenolic OH excluding ortho intramolecular Hbond substituents is 1. The smallest absolute Gasteiger partial charge is 0.147 e. The van der Waals surface area contributed by atoms with E-state index >= 15 is 0 Å². The van der Waals surface area contributed by atoms with E-state index in [9.17, 15) is 5.11 Å². The van der Waals surface area contributed by atoms with Gasteiger partial charge in [-0.1, -0.05) is 30.3 Å². The molecule has 0 spiro atoms. The Morgan fingerprint density at radius 3 is 2.36 bits per heavy atom. The second-order valence-electron chi connectivity index (χ2n) is 5.13. The molecule has 0 saturated heterocycles. The van der Waals surface area contributed by atoms with Gasteiger partial charge >= 0.3 is 0 Å². The van der Waals surface area contributed by atoms with Crippen molar-refractivity contribution in [2.45, 2.75) is 19.4 Å². The number of hydrogen-bond donors (Lipinski definition) is 1. The molecule has 1 unspecified atom stereocenters. The summed E-state index contributed by atoms with van der Waals surface area (Å²) in [7, 11) is 3.19. The molecule has 0 aliphatic carbocycles. The lowest BCUT2D eigenvalue weighted by molar-refractivity contribution is -0.0666. The Balaban J connectivity index is 2.05. The number of methoxy groups -OCH3 is 2. The van der Waals surface area contributed by atoms with E-state index in [1.807, 2.05) is 43.3 Å². The number of rotatable bonds is 7. The number of ether oxygens (including phenoxy) is 3. The highest BCUT2D eigenvalue weighted by Gasteiger charge is 2.07. The van der Waals surface area contributed by atoms with Crippen LogP contribution in [-0.2, 0) is 15.9 Å². The maximum absolute atomic E-state index is 10.0. The highest BCUT2D eigenvalue weighted by Crippen LogP contribution is 2.26. The second kappa shape index (κ2) is 7.82. The van der Waals surface area contributed by atoms with Gasteiger partial charge in [-0.3, -0.25) is 0 Å². The van der Waals surface area contributed by atoms with E-state index in [0.717, 1.165) is 16.7 Å². The van der Waals surface area contributed by atoms with Crippen LogP contribution in [-0.4, -0.2) is 26.1 Å². The van der Waals surface area contributed by atoms with Gasteiger partial charge in [-0.15, -0.1) is 0 Å². The lowest BCUT2D eigenvalue weighted by Gasteiger charge is -2.13. The third-order valence-corrected chi connectivity index (χ3v) is 3.57. The van der Waals surface area contributed by atoms with Crippen LogP contribution in [0.5, 0.6) is 11.5 Å². The molecule has 0 heterocycles. The van der Waals surface area contributed by atoms with Crippen molar-refractivity contribution in [3.05, 3.63) is 59.2 Å². The molecule has 0 saturated carbocycles. The quantitative estimate of drug-likeness (QED) is 0.793. The molecule has 2 rings (SSSR count). The van der Waals surface area contributed by atoms with Crippen molar-refractivity contribution < 1.29 is 19.3 Å². The van der Waals surface area contributed by atoms with Crippen LogP contribution < -0.4 is 4.74 Å². The van der Waals surface area contributed by atoms with Crippen molar-refractivity contribution in [3.63, 3.8) is 0 Å². The topological polar surface area (TPSA) is 47.9 Å². The van der Waals surface area contributed by atoms with Crippen LogP contribution in [0.15, 0.2) is 42.5 Å². The van der Waals surface area contributed by atoms with Crippen molar-refractivity contribution in [1.29, 1.82) is 0 Å². The van der Waals surface area contributed by atoms with Crippen molar-refractivity contribution in [1.82, 2.24) is 0 Å². The van der Waals surface area contributed by atoms with Gasteiger partial charge in [-0.25, -0.2) is 0 Å². The number of benzene rings is 2. The Bertz CT molecular complexity index is 593. The predicted octanol–water partition coefficient (Wildman–Crippen LogP) is 3.67. The molecule has 0 aliphatic rings. The molecular weight excluding hydrogens is 280 g/mol. The monoisotopic (exact) mass is 302 g/mol. The first-order valence-corrected chi connectivity index (χ1v) is 7.19. The zero-order valence-corrected chi connectivity index (χ0v) is 13.2. The van der Waals surface area contributed by atoms with Crippen LogP contribution in [0, 0.1) is 0 Å². The SMILES string of the molecule is COCOC(C)c1ccc(Cc2ccc(OC)cc2O)cc1. The summed E-state index contributed by atoms with van der Waals surface area (Å²) in [5, 5.41) is 10.0. The fourth-order valence-electron chi connectivity index (χ4n) is 2.21. The summed E-state index contributed by atoms with van der Waals surface area (Å²) in [6.07, 6.45) is 0.659. The van der Waals surface area contributed by atoms with E-state index in [0.29, 0.717) is 12.2 Å². The van der Waals surface area contributed by atoms with E-state index in [4.69, 9.17) is 14.2 Å². The summed E-state index contributed by atoms with van der Waals surface area (Å²) in [6.45, 7) is 2.27. The molecule has 1 N–H and O–H groups in total. The standard InChI is InChI=1S/C18H22O4/c1-13(22-12-20-2)15-6-4-14(5-7-15)10-16-8-9-17(21-3)11-18(16)19/h4-9,11,13,19H,10,12H2,1-3H3. The maximum atomic E-state index is 10.0. The first-order chi connectivity index (χ1) is 10.6. The van der Waals surface area contributed by atoms with Gasteiger partial charge in [0.2, 0.25) is 0 Å². The second-order valence-corrected chi connectivity index (χ2v) is 5.13. The summed E-state index contributed by atoms with van der Waals surface area (Å²) >= 11 is 0. The Morgan fingerprint density at radius 2 is 1.77 bits per heavy atom. The minimum atomic E-state index is -0.0108. The highest BCUT2D eigenvalue weighted by atomic mass is 16.7. The summed E-state index contributed by atoms with van der Waals surface area (Å²) in [5.41, 5.74) is 3.10. The average molecular weight is 302 g/mol. The van der Waals surface area contributed by atoms with E-state index in [-0.39, 0.29) is 18.6 Å². The minimum Gasteiger partial charge on any atom is -0.508 e. The molecule has 2 aromatic carbocycles. The van der Waals surface area contributed by atoms with E-state index < -0.39 is 0 Å². The number of aromatic hydroxyl groups is 1. The normalized spacial score (nSPS) is 12.1. The Kier molecular flexibility index (Phi) is 5.81. The average Bonchev–Trinajstić information content (AvgIpc) is 2.55. The van der Waals surface area contributed by atoms with Gasteiger partial charge in [-0.2, -0.15) is 0 Å². The largest absolute Gasteiger partial charge is 0.508 e. The summed E-state index contributed by atoms with van der Waals surface area (Å²) in [4.78, 5) is 0. The number of hydrogen-bond acceptors (Lipinski definition) is 4. The molecule has 0 aromatic heterocycles. The lowest BCUT2D eigenvalue weighted by atomic mass is 10.0. The maximum Gasteiger partial charge on any atom is 0.147 e. The molecular formula is C18H22O4. The minimum absolute atomic E-state index is 0.0108. The van der Waals surface area contributed by atoms with E-state index in [2.05, 4.69) is 0 Å². The van der Waals surface area contributed by atoms with Crippen LogP contribution in [0.2, 0.25) is 0 Å². The Labute approximate surface area is 131 Å². The van der Waals surface area contributed by atoms with Crippen LogP contribution in [0.1, 0.15) is 29.7 Å². The van der Waals surface area contributed by atoms with Crippen molar-refractivity contribution >= 4 is 0 Å². The van der Waals surface area contributed by atoms with Gasteiger partial charge in [0, 0.05) is 19.6 Å². The molecule has 0 bridgehead atoms. The van der Waals surface area contributed by atoms with Crippen LogP contribution in [0.25, 0.3) is 0 Å². The van der Waals surface area contributed by atoms with Crippen LogP contribution in [0.4, 0.5) is 0 Å². The molecule has 0 aliphatic heterocycles. The van der Waals surface area contributed by atoms with Crippen LogP contribution >= 0.6 is 0 Å². The fourth-order valence-corrected chi connectivity index (χ4v) is 2.21. The van der Waals surface area contributed by atoms with E-state index in [1.165, 1.54) is 0 Å². The fraction of sp³-hybridized carbons (Fsp3) is 0.333. The number of phenols is 1. The van der Waals surface area contributed by atoms with Gasteiger partial charge in [0.25, 0.3) is 0 Å². The molecule has 118 valence electrons. The first kappa shape index (κ1) is 16.3. The van der Waals surface area contributed by atoms with Crippen molar-refractivity contribution in [2.75, 3.05) is 21.0 Å². The van der Waals surface area contributed by atoms with Crippen molar-refractivity contribution in [2.24, 2.45) is 0 Å². The Hall–Kier alpha value is -2.04. The Morgan fingerprint density at radius 1 is 1.05 bits per heavy atom. The summed E-state index contributed by atoms with van der Waals surface area (Å²) in [6, 6.07) is 13.5. The van der Waals surface area contributed by atoms with Gasteiger partial charge < -0.3 is 19.3 Å². The molecule has 22 heavy (non-hydrogen) atoms. The van der Waals surface area contributed by atoms with Crippen molar-refractivity contribution in [3.8, 4) is 11.5 Å². The molecule has 0 radical (unpaired) electrons. The van der Waals surface area contributed by atoms with Gasteiger partial charge in [-0.05, 0) is 29.7 Å². The van der Waals surface area contributed by atoms with Gasteiger partial charge in [0.05, 0.1) is 13.2 Å². The molecule has 0 fully saturated rings. The summed E-state index contributed by atoms with van der Waals surface area (Å²) < 4.78 is 15.5. The van der Waals surface area contributed by atoms with Gasteiger partial charge in [0.15, 0.2) is 0 Å². The summed E-state index contributed by atoms with van der Waals surface area (Å²) in [5.74, 6) is 0.904. The molecule has 1 atom stereocenters. The van der Waals surface area contributed by atoms with Crippen LogP contribution in [0.3, 0.4) is 0 Å². The zero-order valence-electron chi connectivity index (χ0n) is 13.2. The zero-order chi connectivity index (χ0) is 15.9. The van der Waals surface area contributed by atoms with E-state index in [1.54, 1.807) is 20.3 Å².